The summed E-state index contributed by atoms with van der Waals surface area (Å²) in [6, 6.07) is 4.05. The summed E-state index contributed by atoms with van der Waals surface area (Å²) in [6.45, 7) is 1.66. The highest BCUT2D eigenvalue weighted by Crippen LogP contribution is 2.25. The van der Waals surface area contributed by atoms with Crippen LogP contribution in [0.4, 0.5) is 10.1 Å². The summed E-state index contributed by atoms with van der Waals surface area (Å²) >= 11 is 0. The van der Waals surface area contributed by atoms with Crippen LogP contribution in [0.1, 0.15) is 5.56 Å². The number of nitrogens with two attached hydrogens (primary N) is 1. The van der Waals surface area contributed by atoms with Crippen molar-refractivity contribution in [2.24, 2.45) is 5.73 Å². The molecule has 1 saturated heterocycles. The lowest BCUT2D eigenvalue weighted by molar-refractivity contribution is -0.124. The molecule has 3 N–H and O–H groups in total. The number of morpholine rings is 1. The van der Waals surface area contributed by atoms with Crippen LogP contribution in [0.2, 0.25) is 0 Å². The second-order valence-electron chi connectivity index (χ2n) is 4.38. The average Bonchev–Trinajstić information content (AvgIpc) is 2.46. The van der Waals surface area contributed by atoms with E-state index < -0.39 is 6.04 Å². The van der Waals surface area contributed by atoms with Gasteiger partial charge in [0.15, 0.2) is 0 Å². The molecule has 1 heterocycles. The zero-order valence-electron chi connectivity index (χ0n) is 10.9. The molecule has 19 heavy (non-hydrogen) atoms. The van der Waals surface area contributed by atoms with Crippen LogP contribution in [-0.4, -0.2) is 38.8 Å². The molecule has 1 amide bonds. The Morgan fingerprint density at radius 2 is 2.42 bits per heavy atom. The van der Waals surface area contributed by atoms with Gasteiger partial charge in [-0.05, 0) is 23.8 Å². The molecule has 1 unspecified atom stereocenters. The van der Waals surface area contributed by atoms with Crippen molar-refractivity contribution in [3.05, 3.63) is 29.6 Å². The summed E-state index contributed by atoms with van der Waals surface area (Å²) in [7, 11) is 1.59. The maximum absolute atomic E-state index is 13.2. The van der Waals surface area contributed by atoms with Crippen molar-refractivity contribution in [3.8, 4) is 0 Å². The van der Waals surface area contributed by atoms with E-state index in [2.05, 4.69) is 5.32 Å². The quantitative estimate of drug-likeness (QED) is 0.823. The maximum atomic E-state index is 13.2. The van der Waals surface area contributed by atoms with Crippen molar-refractivity contribution in [2.45, 2.75) is 12.6 Å². The van der Waals surface area contributed by atoms with E-state index in [0.717, 1.165) is 5.69 Å². The van der Waals surface area contributed by atoms with Gasteiger partial charge in [-0.15, -0.1) is 0 Å². The Morgan fingerprint density at radius 1 is 1.63 bits per heavy atom. The average molecular weight is 267 g/mol. The molecule has 0 aliphatic carbocycles. The molecule has 1 fully saturated rings. The van der Waals surface area contributed by atoms with Gasteiger partial charge in [-0.25, -0.2) is 4.39 Å². The van der Waals surface area contributed by atoms with Gasteiger partial charge in [0.1, 0.15) is 11.9 Å². The maximum Gasteiger partial charge on any atom is 0.244 e. The number of amides is 1. The molecular weight excluding hydrogens is 249 g/mol. The number of carbonyl (C=O) groups is 1. The molecule has 5 nitrogen and oxygen atoms in total. The molecule has 1 aromatic carbocycles. The molecule has 0 aromatic heterocycles. The van der Waals surface area contributed by atoms with Crippen molar-refractivity contribution in [1.82, 2.24) is 5.32 Å². The topological polar surface area (TPSA) is 67.6 Å². The first-order valence-electron chi connectivity index (χ1n) is 6.22. The van der Waals surface area contributed by atoms with Gasteiger partial charge in [0.05, 0.1) is 13.2 Å². The van der Waals surface area contributed by atoms with Crippen LogP contribution in [0.5, 0.6) is 0 Å². The van der Waals surface area contributed by atoms with E-state index in [1.54, 1.807) is 13.1 Å². The number of halogens is 1. The number of ether oxygens (including phenoxy) is 1. The number of anilines is 1. The SMILES string of the molecule is CNC(=O)C1COCCN1c1ccc(F)cc1CN. The first-order valence-corrected chi connectivity index (χ1v) is 6.22. The van der Waals surface area contributed by atoms with E-state index in [-0.39, 0.29) is 18.3 Å². The third-order valence-electron chi connectivity index (χ3n) is 3.25. The molecule has 0 radical (unpaired) electrons. The van der Waals surface area contributed by atoms with Crippen molar-refractivity contribution in [2.75, 3.05) is 31.7 Å². The van der Waals surface area contributed by atoms with E-state index >= 15 is 0 Å². The minimum atomic E-state index is -0.408. The lowest BCUT2D eigenvalue weighted by Gasteiger charge is -2.37. The normalized spacial score (nSPS) is 19.3. The van der Waals surface area contributed by atoms with Crippen LogP contribution in [0.25, 0.3) is 0 Å². The lowest BCUT2D eigenvalue weighted by atomic mass is 10.1. The third kappa shape index (κ3) is 2.85. The van der Waals surface area contributed by atoms with E-state index in [9.17, 15) is 9.18 Å². The van der Waals surface area contributed by atoms with Gasteiger partial charge >= 0.3 is 0 Å². The molecule has 0 spiro atoms. The molecule has 1 aliphatic rings. The molecule has 1 aliphatic heterocycles. The first kappa shape index (κ1) is 13.8. The summed E-state index contributed by atoms with van der Waals surface area (Å²) in [5.41, 5.74) is 7.14. The Morgan fingerprint density at radius 3 is 3.11 bits per heavy atom. The van der Waals surface area contributed by atoms with Crippen molar-refractivity contribution in [1.29, 1.82) is 0 Å². The number of carbonyl (C=O) groups excluding carboxylic acids is 1. The van der Waals surface area contributed by atoms with E-state index in [4.69, 9.17) is 10.5 Å². The smallest absolute Gasteiger partial charge is 0.244 e. The monoisotopic (exact) mass is 267 g/mol. The third-order valence-corrected chi connectivity index (χ3v) is 3.25. The second-order valence-corrected chi connectivity index (χ2v) is 4.38. The van der Waals surface area contributed by atoms with Gasteiger partial charge in [0.25, 0.3) is 0 Å². The number of likely N-dealkylation sites (N-methyl/N-ethyl adjacent to an activating group) is 1. The fraction of sp³-hybridized carbons (Fsp3) is 0.462. The Kier molecular flexibility index (Phi) is 4.34. The highest BCUT2D eigenvalue weighted by molar-refractivity contribution is 5.85. The van der Waals surface area contributed by atoms with Crippen LogP contribution >= 0.6 is 0 Å². The number of benzene rings is 1. The predicted molar refractivity (Wildman–Crippen MR) is 70.3 cm³/mol. The largest absolute Gasteiger partial charge is 0.377 e. The molecular formula is C13H18FN3O2. The number of rotatable bonds is 3. The summed E-state index contributed by atoms with van der Waals surface area (Å²) in [6.07, 6.45) is 0. The van der Waals surface area contributed by atoms with Crippen LogP contribution in [0, 0.1) is 5.82 Å². The molecule has 2 rings (SSSR count). The standard InChI is InChI=1S/C13H18FN3O2/c1-16-13(18)12-8-19-5-4-17(12)11-3-2-10(14)6-9(11)7-15/h2-3,6,12H,4-5,7-8,15H2,1H3,(H,16,18). The van der Waals surface area contributed by atoms with Crippen molar-refractivity contribution >= 4 is 11.6 Å². The van der Waals surface area contributed by atoms with E-state index in [1.807, 2.05) is 4.90 Å². The molecule has 1 atom stereocenters. The summed E-state index contributed by atoms with van der Waals surface area (Å²) < 4.78 is 18.6. The van der Waals surface area contributed by atoms with Gasteiger partial charge in [-0.2, -0.15) is 0 Å². The minimum Gasteiger partial charge on any atom is -0.377 e. The van der Waals surface area contributed by atoms with Gasteiger partial charge in [0, 0.05) is 25.8 Å². The van der Waals surface area contributed by atoms with Crippen LogP contribution in [-0.2, 0) is 16.1 Å². The van der Waals surface area contributed by atoms with Gasteiger partial charge < -0.3 is 20.7 Å². The molecule has 6 heteroatoms. The molecule has 104 valence electrons. The summed E-state index contributed by atoms with van der Waals surface area (Å²) in [5.74, 6) is -0.444. The highest BCUT2D eigenvalue weighted by atomic mass is 19.1. The fourth-order valence-electron chi connectivity index (χ4n) is 2.27. The van der Waals surface area contributed by atoms with Crippen LogP contribution in [0.15, 0.2) is 18.2 Å². The van der Waals surface area contributed by atoms with Crippen molar-refractivity contribution in [3.63, 3.8) is 0 Å². The zero-order chi connectivity index (χ0) is 13.8. The van der Waals surface area contributed by atoms with Gasteiger partial charge in [0.2, 0.25) is 5.91 Å². The predicted octanol–water partition coefficient (Wildman–Crippen LogP) is 0.236. The molecule has 1 aromatic rings. The summed E-state index contributed by atoms with van der Waals surface area (Å²) in [5, 5.41) is 2.62. The number of hydrogen-bond donors (Lipinski definition) is 2. The minimum absolute atomic E-state index is 0.119. The first-order chi connectivity index (χ1) is 9.17. The van der Waals surface area contributed by atoms with E-state index in [1.165, 1.54) is 12.1 Å². The second kappa shape index (κ2) is 5.99. The molecule has 0 bridgehead atoms. The number of nitrogens with zero attached hydrogens (tertiary/aromatic N) is 1. The number of nitrogens with one attached hydrogen (secondary N) is 1. The van der Waals surface area contributed by atoms with Crippen molar-refractivity contribution < 1.29 is 13.9 Å². The van der Waals surface area contributed by atoms with Gasteiger partial charge in [-0.3, -0.25) is 4.79 Å². The lowest BCUT2D eigenvalue weighted by Crippen LogP contribution is -2.53. The van der Waals surface area contributed by atoms with Gasteiger partial charge in [-0.1, -0.05) is 0 Å². The fourth-order valence-corrected chi connectivity index (χ4v) is 2.27. The van der Waals surface area contributed by atoms with Crippen LogP contribution < -0.4 is 16.0 Å². The van der Waals surface area contributed by atoms with E-state index in [0.29, 0.717) is 25.3 Å². The van der Waals surface area contributed by atoms with Crippen LogP contribution in [0.3, 0.4) is 0 Å². The zero-order valence-corrected chi connectivity index (χ0v) is 10.9. The Bertz CT molecular complexity index is 467. The highest BCUT2D eigenvalue weighted by Gasteiger charge is 2.30. The Hall–Kier alpha value is -1.66. The Labute approximate surface area is 111 Å². The number of hydrogen-bond acceptors (Lipinski definition) is 4. The summed E-state index contributed by atoms with van der Waals surface area (Å²) in [4.78, 5) is 13.8. The molecule has 0 saturated carbocycles. The Balaban J connectivity index is 2.34.